The summed E-state index contributed by atoms with van der Waals surface area (Å²) in [5, 5.41) is 19.6. The molecule has 0 aromatic heterocycles. The number of benzene rings is 1. The third kappa shape index (κ3) is 3.69. The Morgan fingerprint density at radius 1 is 1.25 bits per heavy atom. The lowest BCUT2D eigenvalue weighted by atomic mass is 9.99. The number of aliphatic hydroxyl groups excluding tert-OH is 2. The summed E-state index contributed by atoms with van der Waals surface area (Å²) >= 11 is 0. The zero-order valence-electron chi connectivity index (χ0n) is 11.2. The fourth-order valence-corrected chi connectivity index (χ4v) is 1.65. The van der Waals surface area contributed by atoms with Crippen molar-refractivity contribution in [1.82, 2.24) is 0 Å². The molecule has 20 heavy (non-hydrogen) atoms. The average molecular weight is 283 g/mol. The van der Waals surface area contributed by atoms with Crippen molar-refractivity contribution in [2.45, 2.75) is 18.6 Å². The molecular formula is C13H17NO6. The number of carbonyl (C=O) groups excluding carboxylic acids is 2. The quantitative estimate of drug-likeness (QED) is 0.514. The Kier molecular flexibility index (Phi) is 5.48. The predicted octanol–water partition coefficient (Wildman–Crippen LogP) is 0.0128. The first-order valence-corrected chi connectivity index (χ1v) is 5.81. The fraction of sp³-hybridized carbons (Fsp3) is 0.385. The minimum atomic E-state index is -1.33. The van der Waals surface area contributed by atoms with E-state index >= 15 is 0 Å². The minimum absolute atomic E-state index is 0.110. The van der Waals surface area contributed by atoms with E-state index in [4.69, 9.17) is 5.73 Å². The van der Waals surface area contributed by atoms with Gasteiger partial charge in [0.2, 0.25) is 0 Å². The molecule has 0 amide bonds. The van der Waals surface area contributed by atoms with E-state index in [1.54, 1.807) is 0 Å². The summed E-state index contributed by atoms with van der Waals surface area (Å²) in [6.07, 6.45) is -3.00. The van der Waals surface area contributed by atoms with Gasteiger partial charge in [-0.15, -0.1) is 0 Å². The highest BCUT2D eigenvalue weighted by Gasteiger charge is 2.23. The number of esters is 2. The van der Waals surface area contributed by atoms with Gasteiger partial charge in [-0.25, -0.2) is 4.79 Å². The van der Waals surface area contributed by atoms with Crippen LogP contribution < -0.4 is 5.73 Å². The summed E-state index contributed by atoms with van der Waals surface area (Å²) in [7, 11) is 2.41. The molecule has 0 bridgehead atoms. The van der Waals surface area contributed by atoms with E-state index in [-0.39, 0.29) is 23.2 Å². The highest BCUT2D eigenvalue weighted by atomic mass is 16.5. The van der Waals surface area contributed by atoms with Crippen LogP contribution in [0.1, 0.15) is 28.4 Å². The fourth-order valence-electron chi connectivity index (χ4n) is 1.65. The van der Waals surface area contributed by atoms with Gasteiger partial charge in [-0.1, -0.05) is 6.07 Å². The van der Waals surface area contributed by atoms with Crippen LogP contribution in [-0.2, 0) is 14.3 Å². The van der Waals surface area contributed by atoms with Gasteiger partial charge >= 0.3 is 11.9 Å². The first-order valence-electron chi connectivity index (χ1n) is 5.81. The van der Waals surface area contributed by atoms with Crippen molar-refractivity contribution in [3.8, 4) is 0 Å². The number of rotatable bonds is 5. The summed E-state index contributed by atoms with van der Waals surface area (Å²) in [6, 6.07) is 4.15. The third-order valence-corrected chi connectivity index (χ3v) is 2.79. The maximum Gasteiger partial charge on any atom is 0.339 e. The second-order valence-electron chi connectivity index (χ2n) is 4.13. The molecule has 0 heterocycles. The second-order valence-corrected chi connectivity index (χ2v) is 4.13. The molecule has 0 spiro atoms. The summed E-state index contributed by atoms with van der Waals surface area (Å²) < 4.78 is 8.94. The molecule has 1 aromatic rings. The summed E-state index contributed by atoms with van der Waals surface area (Å²) in [5.74, 6) is -1.24. The van der Waals surface area contributed by atoms with Gasteiger partial charge < -0.3 is 25.4 Å². The maximum absolute atomic E-state index is 11.4. The number of nitrogen functional groups attached to an aromatic ring is 1. The summed E-state index contributed by atoms with van der Waals surface area (Å²) in [4.78, 5) is 22.4. The van der Waals surface area contributed by atoms with Gasteiger partial charge in [0.1, 0.15) is 6.10 Å². The smallest absolute Gasteiger partial charge is 0.339 e. The van der Waals surface area contributed by atoms with Crippen LogP contribution >= 0.6 is 0 Å². The lowest BCUT2D eigenvalue weighted by Gasteiger charge is -2.18. The number of carbonyl (C=O) groups is 2. The topological polar surface area (TPSA) is 119 Å². The Morgan fingerprint density at radius 3 is 2.40 bits per heavy atom. The molecule has 0 aliphatic heterocycles. The zero-order chi connectivity index (χ0) is 15.3. The van der Waals surface area contributed by atoms with E-state index in [0.717, 1.165) is 0 Å². The Hall–Kier alpha value is -2.12. The molecule has 1 rings (SSSR count). The molecule has 0 fully saturated rings. The monoisotopic (exact) mass is 283 g/mol. The van der Waals surface area contributed by atoms with Gasteiger partial charge in [-0.3, -0.25) is 4.79 Å². The van der Waals surface area contributed by atoms with Crippen LogP contribution in [0, 0.1) is 0 Å². The standard InChI is InChI=1S/C13H17NO6/c1-19-11(16)6-10(15)12(17)7-3-4-8(9(14)5-7)13(18)20-2/h3-5,10,12,15,17H,6,14H2,1-2H3. The molecule has 0 aliphatic rings. The van der Waals surface area contributed by atoms with Gasteiger partial charge in [0, 0.05) is 5.69 Å². The molecule has 7 nitrogen and oxygen atoms in total. The molecule has 0 aliphatic carbocycles. The van der Waals surface area contributed by atoms with E-state index in [1.807, 2.05) is 0 Å². The Balaban J connectivity index is 2.89. The largest absolute Gasteiger partial charge is 0.469 e. The van der Waals surface area contributed by atoms with Crippen molar-refractivity contribution >= 4 is 17.6 Å². The highest BCUT2D eigenvalue weighted by molar-refractivity contribution is 5.95. The van der Waals surface area contributed by atoms with Gasteiger partial charge in [0.05, 0.1) is 32.3 Å². The van der Waals surface area contributed by atoms with Gasteiger partial charge in [-0.2, -0.15) is 0 Å². The van der Waals surface area contributed by atoms with Crippen molar-refractivity contribution < 1.29 is 29.3 Å². The van der Waals surface area contributed by atoms with E-state index in [1.165, 1.54) is 32.4 Å². The van der Waals surface area contributed by atoms with Crippen molar-refractivity contribution in [3.05, 3.63) is 29.3 Å². The molecule has 0 saturated carbocycles. The van der Waals surface area contributed by atoms with Crippen molar-refractivity contribution in [2.75, 3.05) is 20.0 Å². The van der Waals surface area contributed by atoms with Crippen LogP contribution in [0.3, 0.4) is 0 Å². The van der Waals surface area contributed by atoms with Crippen molar-refractivity contribution in [1.29, 1.82) is 0 Å². The molecule has 4 N–H and O–H groups in total. The highest BCUT2D eigenvalue weighted by Crippen LogP contribution is 2.24. The lowest BCUT2D eigenvalue weighted by Crippen LogP contribution is -2.23. The summed E-state index contributed by atoms with van der Waals surface area (Å²) in [5.41, 5.74) is 6.23. The molecule has 2 atom stereocenters. The van der Waals surface area contributed by atoms with Crippen LogP contribution in [0.5, 0.6) is 0 Å². The minimum Gasteiger partial charge on any atom is -0.469 e. The summed E-state index contributed by atoms with van der Waals surface area (Å²) in [6.45, 7) is 0. The third-order valence-electron chi connectivity index (χ3n) is 2.79. The Labute approximate surface area is 115 Å². The van der Waals surface area contributed by atoms with Gasteiger partial charge in [0.15, 0.2) is 0 Å². The Bertz CT molecular complexity index is 502. The molecular weight excluding hydrogens is 266 g/mol. The molecule has 7 heteroatoms. The first kappa shape index (κ1) is 15.9. The number of hydrogen-bond donors (Lipinski definition) is 3. The van der Waals surface area contributed by atoms with E-state index in [0.29, 0.717) is 0 Å². The average Bonchev–Trinajstić information content (AvgIpc) is 2.45. The number of nitrogens with two attached hydrogens (primary N) is 1. The van der Waals surface area contributed by atoms with Crippen LogP contribution in [0.2, 0.25) is 0 Å². The Morgan fingerprint density at radius 2 is 1.90 bits per heavy atom. The van der Waals surface area contributed by atoms with Crippen LogP contribution in [0.15, 0.2) is 18.2 Å². The van der Waals surface area contributed by atoms with E-state index < -0.39 is 24.1 Å². The van der Waals surface area contributed by atoms with Crippen LogP contribution in [0.25, 0.3) is 0 Å². The van der Waals surface area contributed by atoms with Crippen LogP contribution in [0.4, 0.5) is 5.69 Å². The van der Waals surface area contributed by atoms with E-state index in [2.05, 4.69) is 9.47 Å². The second kappa shape index (κ2) is 6.88. The van der Waals surface area contributed by atoms with Crippen molar-refractivity contribution in [3.63, 3.8) is 0 Å². The van der Waals surface area contributed by atoms with Crippen molar-refractivity contribution in [2.24, 2.45) is 0 Å². The zero-order valence-corrected chi connectivity index (χ0v) is 11.2. The molecule has 0 saturated heterocycles. The van der Waals surface area contributed by atoms with Crippen LogP contribution in [-0.4, -0.2) is 42.5 Å². The van der Waals surface area contributed by atoms with E-state index in [9.17, 15) is 19.8 Å². The number of anilines is 1. The predicted molar refractivity (Wildman–Crippen MR) is 69.8 cm³/mol. The SMILES string of the molecule is COC(=O)CC(O)C(O)c1ccc(C(=O)OC)c(N)c1. The maximum atomic E-state index is 11.4. The molecule has 1 aromatic carbocycles. The number of aliphatic hydroxyl groups is 2. The lowest BCUT2D eigenvalue weighted by molar-refractivity contribution is -0.144. The molecule has 110 valence electrons. The van der Waals surface area contributed by atoms with Gasteiger partial charge in [-0.05, 0) is 17.7 Å². The number of ether oxygens (including phenoxy) is 2. The number of methoxy groups -OCH3 is 2. The molecule has 2 unspecified atom stereocenters. The number of hydrogen-bond acceptors (Lipinski definition) is 7. The molecule has 0 radical (unpaired) electrons. The first-order chi connectivity index (χ1) is 9.40. The normalized spacial score (nSPS) is 13.4. The van der Waals surface area contributed by atoms with Gasteiger partial charge in [0.25, 0.3) is 0 Å².